The molecule has 1 rings (SSSR count). The van der Waals surface area contributed by atoms with E-state index in [1.807, 2.05) is 0 Å². The predicted octanol–water partition coefficient (Wildman–Crippen LogP) is 2.05. The Bertz CT molecular complexity index is 344. The van der Waals surface area contributed by atoms with Crippen LogP contribution in [0.1, 0.15) is 38.7 Å². The zero-order valence-electron chi connectivity index (χ0n) is 11.4. The molecule has 0 aliphatic heterocycles. The van der Waals surface area contributed by atoms with Crippen LogP contribution >= 0.6 is 0 Å². The van der Waals surface area contributed by atoms with Crippen molar-refractivity contribution in [3.63, 3.8) is 0 Å². The van der Waals surface area contributed by atoms with Crippen LogP contribution in [0.5, 0.6) is 0 Å². The second-order valence-electron chi connectivity index (χ2n) is 4.19. The molecule has 3 N–H and O–H groups in total. The third kappa shape index (κ3) is 4.49. The number of hydrogen-bond acceptors (Lipinski definition) is 5. The van der Waals surface area contributed by atoms with E-state index in [2.05, 4.69) is 34.4 Å². The summed E-state index contributed by atoms with van der Waals surface area (Å²) in [5.41, 5.74) is 1.16. The number of hydrogen-bond donors (Lipinski definition) is 3. The molecule has 0 fully saturated rings. The van der Waals surface area contributed by atoms with E-state index in [4.69, 9.17) is 5.11 Å². The van der Waals surface area contributed by atoms with Gasteiger partial charge in [-0.25, -0.2) is 9.97 Å². The first-order chi connectivity index (χ1) is 8.83. The zero-order chi connectivity index (χ0) is 13.2. The van der Waals surface area contributed by atoms with Gasteiger partial charge in [-0.05, 0) is 26.2 Å². The Morgan fingerprint density at radius 2 is 1.83 bits per heavy atom. The molecule has 1 aromatic rings. The van der Waals surface area contributed by atoms with Gasteiger partial charge in [0.2, 0.25) is 0 Å². The number of nitrogens with zero attached hydrogens (tertiary/aromatic N) is 2. The zero-order valence-corrected chi connectivity index (χ0v) is 11.4. The molecule has 102 valence electrons. The van der Waals surface area contributed by atoms with Gasteiger partial charge in [0.15, 0.2) is 0 Å². The fourth-order valence-corrected chi connectivity index (χ4v) is 1.81. The summed E-state index contributed by atoms with van der Waals surface area (Å²) in [6, 6.07) is 0. The first kappa shape index (κ1) is 14.7. The minimum atomic E-state index is 0.246. The highest BCUT2D eigenvalue weighted by molar-refractivity contribution is 5.57. The lowest BCUT2D eigenvalue weighted by Crippen LogP contribution is -2.11. The van der Waals surface area contributed by atoms with Gasteiger partial charge in [0.1, 0.15) is 18.0 Å². The van der Waals surface area contributed by atoms with Crippen LogP contribution in [0.3, 0.4) is 0 Å². The molecule has 5 nitrogen and oxygen atoms in total. The number of aliphatic hydroxyl groups is 1. The minimum absolute atomic E-state index is 0.246. The van der Waals surface area contributed by atoms with Gasteiger partial charge in [0, 0.05) is 25.3 Å². The van der Waals surface area contributed by atoms with Crippen molar-refractivity contribution in [2.75, 3.05) is 30.3 Å². The van der Waals surface area contributed by atoms with E-state index in [-0.39, 0.29) is 6.61 Å². The Morgan fingerprint density at radius 3 is 2.44 bits per heavy atom. The molecule has 0 saturated heterocycles. The maximum atomic E-state index is 8.75. The lowest BCUT2D eigenvalue weighted by Gasteiger charge is -2.14. The quantitative estimate of drug-likeness (QED) is 0.587. The first-order valence-electron chi connectivity index (χ1n) is 6.75. The smallest absolute Gasteiger partial charge is 0.134 e. The number of aromatic nitrogens is 2. The minimum Gasteiger partial charge on any atom is -0.396 e. The van der Waals surface area contributed by atoms with Crippen LogP contribution in [0.15, 0.2) is 6.33 Å². The van der Waals surface area contributed by atoms with Crippen molar-refractivity contribution in [3.8, 4) is 0 Å². The van der Waals surface area contributed by atoms with E-state index in [1.54, 1.807) is 6.33 Å². The molecule has 0 saturated carbocycles. The summed E-state index contributed by atoms with van der Waals surface area (Å²) in [6.45, 7) is 6.15. The molecule has 0 spiro atoms. The van der Waals surface area contributed by atoms with E-state index in [1.165, 1.54) is 0 Å². The van der Waals surface area contributed by atoms with Gasteiger partial charge < -0.3 is 15.7 Å². The summed E-state index contributed by atoms with van der Waals surface area (Å²) in [5, 5.41) is 15.4. The molecule has 0 radical (unpaired) electrons. The molecule has 18 heavy (non-hydrogen) atoms. The van der Waals surface area contributed by atoms with Crippen molar-refractivity contribution >= 4 is 11.6 Å². The van der Waals surface area contributed by atoms with Crippen LogP contribution in [0, 0.1) is 0 Å². The fourth-order valence-electron chi connectivity index (χ4n) is 1.81. The number of nitrogens with one attached hydrogen (secondary N) is 2. The highest BCUT2D eigenvalue weighted by atomic mass is 16.2. The predicted molar refractivity (Wildman–Crippen MR) is 75.0 cm³/mol. The fraction of sp³-hybridized carbons (Fsp3) is 0.692. The highest BCUT2D eigenvalue weighted by Crippen LogP contribution is 2.21. The van der Waals surface area contributed by atoms with Crippen molar-refractivity contribution in [2.24, 2.45) is 0 Å². The van der Waals surface area contributed by atoms with Gasteiger partial charge in [-0.3, -0.25) is 0 Å². The van der Waals surface area contributed by atoms with Crippen molar-refractivity contribution in [1.82, 2.24) is 9.97 Å². The SMILES string of the molecule is CCCc1c(NCC)ncnc1NCCCCO. The summed E-state index contributed by atoms with van der Waals surface area (Å²) < 4.78 is 0. The number of anilines is 2. The number of aliphatic hydroxyl groups excluding tert-OH is 1. The molecule has 5 heteroatoms. The normalized spacial score (nSPS) is 10.4. The molecule has 0 aliphatic rings. The largest absolute Gasteiger partial charge is 0.396 e. The van der Waals surface area contributed by atoms with Crippen LogP contribution in [0.4, 0.5) is 11.6 Å². The third-order valence-corrected chi connectivity index (χ3v) is 2.67. The van der Waals surface area contributed by atoms with Crippen LogP contribution in [0.25, 0.3) is 0 Å². The topological polar surface area (TPSA) is 70.1 Å². The molecule has 0 aliphatic carbocycles. The number of rotatable bonds is 9. The van der Waals surface area contributed by atoms with Crippen LogP contribution < -0.4 is 10.6 Å². The summed E-state index contributed by atoms with van der Waals surface area (Å²) in [5.74, 6) is 1.85. The van der Waals surface area contributed by atoms with E-state index in [9.17, 15) is 0 Å². The lowest BCUT2D eigenvalue weighted by atomic mass is 10.1. The van der Waals surface area contributed by atoms with E-state index in [0.717, 1.165) is 56.0 Å². The molecule has 0 amide bonds. The second-order valence-corrected chi connectivity index (χ2v) is 4.19. The average Bonchev–Trinajstić information content (AvgIpc) is 2.38. The van der Waals surface area contributed by atoms with Gasteiger partial charge in [-0.2, -0.15) is 0 Å². The van der Waals surface area contributed by atoms with Crippen molar-refractivity contribution in [2.45, 2.75) is 39.5 Å². The van der Waals surface area contributed by atoms with Gasteiger partial charge >= 0.3 is 0 Å². The van der Waals surface area contributed by atoms with Crippen LogP contribution in [-0.4, -0.2) is 34.8 Å². The van der Waals surface area contributed by atoms with Gasteiger partial charge in [0.05, 0.1) is 0 Å². The van der Waals surface area contributed by atoms with Gasteiger partial charge in [-0.15, -0.1) is 0 Å². The maximum absolute atomic E-state index is 8.75. The summed E-state index contributed by atoms with van der Waals surface area (Å²) in [4.78, 5) is 8.60. The second kappa shape index (κ2) is 8.69. The first-order valence-corrected chi connectivity index (χ1v) is 6.75. The third-order valence-electron chi connectivity index (χ3n) is 2.67. The lowest BCUT2D eigenvalue weighted by molar-refractivity contribution is 0.286. The summed E-state index contributed by atoms with van der Waals surface area (Å²) in [6.07, 6.45) is 5.39. The summed E-state index contributed by atoms with van der Waals surface area (Å²) >= 11 is 0. The Balaban J connectivity index is 2.71. The highest BCUT2D eigenvalue weighted by Gasteiger charge is 2.09. The standard InChI is InChI=1S/C13H24N4O/c1-3-7-11-12(14-4-2)16-10-17-13(11)15-8-5-6-9-18/h10,18H,3-9H2,1-2H3,(H2,14,15,16,17). The Labute approximate surface area is 109 Å². The molecule has 0 atom stereocenters. The van der Waals surface area contributed by atoms with Gasteiger partial charge in [-0.1, -0.05) is 13.3 Å². The Kier molecular flexibility index (Phi) is 7.10. The van der Waals surface area contributed by atoms with Crippen molar-refractivity contribution in [1.29, 1.82) is 0 Å². The van der Waals surface area contributed by atoms with E-state index < -0.39 is 0 Å². The van der Waals surface area contributed by atoms with Crippen molar-refractivity contribution in [3.05, 3.63) is 11.9 Å². The van der Waals surface area contributed by atoms with E-state index in [0.29, 0.717) is 0 Å². The van der Waals surface area contributed by atoms with E-state index >= 15 is 0 Å². The molecule has 0 unspecified atom stereocenters. The number of unbranched alkanes of at least 4 members (excludes halogenated alkanes) is 1. The van der Waals surface area contributed by atoms with Gasteiger partial charge in [0.25, 0.3) is 0 Å². The van der Waals surface area contributed by atoms with Crippen LogP contribution in [-0.2, 0) is 6.42 Å². The van der Waals surface area contributed by atoms with Crippen LogP contribution in [0.2, 0.25) is 0 Å². The molecular weight excluding hydrogens is 228 g/mol. The summed E-state index contributed by atoms with van der Waals surface area (Å²) in [7, 11) is 0. The molecule has 1 heterocycles. The molecular formula is C13H24N4O. The monoisotopic (exact) mass is 252 g/mol. The molecule has 0 aromatic carbocycles. The van der Waals surface area contributed by atoms with Crippen molar-refractivity contribution < 1.29 is 5.11 Å². The Morgan fingerprint density at radius 1 is 1.11 bits per heavy atom. The maximum Gasteiger partial charge on any atom is 0.134 e. The molecule has 1 aromatic heterocycles. The average molecular weight is 252 g/mol. The molecule has 0 bridgehead atoms. The Hall–Kier alpha value is -1.36.